The summed E-state index contributed by atoms with van der Waals surface area (Å²) in [6.07, 6.45) is 4.87. The fourth-order valence-corrected chi connectivity index (χ4v) is 4.05. The van der Waals surface area contributed by atoms with Gasteiger partial charge in [0.05, 0.1) is 18.2 Å². The van der Waals surface area contributed by atoms with Gasteiger partial charge in [0.2, 0.25) is 5.91 Å². The van der Waals surface area contributed by atoms with E-state index in [2.05, 4.69) is 4.90 Å². The first-order valence-electron chi connectivity index (χ1n) is 8.98. The highest BCUT2D eigenvalue weighted by molar-refractivity contribution is 6.22. The van der Waals surface area contributed by atoms with Crippen LogP contribution in [-0.2, 0) is 16.0 Å². The second-order valence-electron chi connectivity index (χ2n) is 6.67. The Hall–Kier alpha value is -1.72. The molecule has 2 saturated heterocycles. The van der Waals surface area contributed by atoms with Gasteiger partial charge in [-0.2, -0.15) is 0 Å². The van der Waals surface area contributed by atoms with E-state index in [0.29, 0.717) is 6.42 Å². The molecule has 3 rings (SSSR count). The van der Waals surface area contributed by atoms with Crippen molar-refractivity contribution in [2.75, 3.05) is 18.1 Å². The lowest BCUT2D eigenvalue weighted by molar-refractivity contribution is -0.124. The van der Waals surface area contributed by atoms with E-state index < -0.39 is 0 Å². The van der Waals surface area contributed by atoms with Crippen molar-refractivity contribution in [1.29, 1.82) is 0 Å². The van der Waals surface area contributed by atoms with Crippen molar-refractivity contribution in [3.8, 4) is 0 Å². The minimum Gasteiger partial charge on any atom is -0.396 e. The molecule has 2 aliphatic rings. The SMILES string of the molecule is CCc1ccccc1N1C(=O)C[C@@H](N2CCCC[C@@H]2CCO)C1=O. The lowest BCUT2D eigenvalue weighted by Gasteiger charge is -2.38. The number of nitrogens with zero attached hydrogens (tertiary/aromatic N) is 2. The lowest BCUT2D eigenvalue weighted by Crippen LogP contribution is -2.50. The number of likely N-dealkylation sites (tertiary alicyclic amines) is 1. The summed E-state index contributed by atoms with van der Waals surface area (Å²) >= 11 is 0. The highest BCUT2D eigenvalue weighted by Gasteiger charge is 2.45. The fraction of sp³-hybridized carbons (Fsp3) is 0.579. The number of carbonyl (C=O) groups is 2. The van der Waals surface area contributed by atoms with E-state index in [1.165, 1.54) is 4.90 Å². The summed E-state index contributed by atoms with van der Waals surface area (Å²) < 4.78 is 0. The van der Waals surface area contributed by atoms with Crippen molar-refractivity contribution >= 4 is 17.5 Å². The molecule has 1 aromatic carbocycles. The van der Waals surface area contributed by atoms with Crippen LogP contribution in [0.4, 0.5) is 5.69 Å². The van der Waals surface area contributed by atoms with Crippen molar-refractivity contribution in [1.82, 2.24) is 4.90 Å². The molecule has 0 spiro atoms. The largest absolute Gasteiger partial charge is 0.396 e. The Kier molecular flexibility index (Phi) is 5.31. The summed E-state index contributed by atoms with van der Waals surface area (Å²) in [5, 5.41) is 9.31. The normalized spacial score (nSPS) is 25.5. The van der Waals surface area contributed by atoms with Crippen LogP contribution in [0.25, 0.3) is 0 Å². The van der Waals surface area contributed by atoms with Crippen molar-refractivity contribution in [3.05, 3.63) is 29.8 Å². The number of hydrogen-bond donors (Lipinski definition) is 1. The minimum absolute atomic E-state index is 0.106. The van der Waals surface area contributed by atoms with E-state index in [1.54, 1.807) is 0 Å². The molecule has 2 fully saturated rings. The fourth-order valence-electron chi connectivity index (χ4n) is 4.05. The molecule has 5 heteroatoms. The number of aliphatic hydroxyl groups is 1. The molecule has 0 aromatic heterocycles. The van der Waals surface area contributed by atoms with Crippen LogP contribution in [-0.4, -0.2) is 47.1 Å². The summed E-state index contributed by atoms with van der Waals surface area (Å²) in [4.78, 5) is 29.2. The number of anilines is 1. The van der Waals surface area contributed by atoms with Gasteiger partial charge in [-0.15, -0.1) is 0 Å². The summed E-state index contributed by atoms with van der Waals surface area (Å²) in [5.74, 6) is -0.218. The van der Waals surface area contributed by atoms with Crippen LogP contribution < -0.4 is 4.90 Å². The topological polar surface area (TPSA) is 60.9 Å². The molecule has 0 unspecified atom stereocenters. The zero-order valence-corrected chi connectivity index (χ0v) is 14.3. The average molecular weight is 330 g/mol. The molecule has 2 amide bonds. The van der Waals surface area contributed by atoms with Crippen molar-refractivity contribution in [2.24, 2.45) is 0 Å². The van der Waals surface area contributed by atoms with Gasteiger partial charge in [-0.25, -0.2) is 4.90 Å². The van der Waals surface area contributed by atoms with Crippen LogP contribution in [0.3, 0.4) is 0 Å². The maximum Gasteiger partial charge on any atom is 0.251 e. The number of para-hydroxylation sites is 1. The number of rotatable bonds is 5. The third-order valence-electron chi connectivity index (χ3n) is 5.27. The van der Waals surface area contributed by atoms with Crippen LogP contribution in [0.15, 0.2) is 24.3 Å². The van der Waals surface area contributed by atoms with Gasteiger partial charge >= 0.3 is 0 Å². The molecule has 2 atom stereocenters. The van der Waals surface area contributed by atoms with Gasteiger partial charge in [0.15, 0.2) is 0 Å². The monoisotopic (exact) mass is 330 g/mol. The molecule has 5 nitrogen and oxygen atoms in total. The van der Waals surface area contributed by atoms with Crippen LogP contribution in [0, 0.1) is 0 Å². The zero-order chi connectivity index (χ0) is 17.1. The third-order valence-corrected chi connectivity index (χ3v) is 5.27. The molecule has 0 aliphatic carbocycles. The molecular formula is C19H26N2O3. The van der Waals surface area contributed by atoms with Gasteiger partial charge in [0.25, 0.3) is 5.91 Å². The Morgan fingerprint density at radius 1 is 1.21 bits per heavy atom. The number of aryl methyl sites for hydroxylation is 1. The van der Waals surface area contributed by atoms with E-state index in [-0.39, 0.29) is 36.9 Å². The van der Waals surface area contributed by atoms with Crippen LogP contribution in [0.2, 0.25) is 0 Å². The first-order chi connectivity index (χ1) is 11.7. The predicted octanol–water partition coefficient (Wildman–Crippen LogP) is 2.12. The summed E-state index contributed by atoms with van der Waals surface area (Å²) in [6.45, 7) is 2.99. The summed E-state index contributed by atoms with van der Waals surface area (Å²) in [5.41, 5.74) is 1.75. The van der Waals surface area contributed by atoms with Crippen molar-refractivity contribution in [2.45, 2.75) is 57.5 Å². The van der Waals surface area contributed by atoms with Crippen LogP contribution >= 0.6 is 0 Å². The van der Waals surface area contributed by atoms with Gasteiger partial charge < -0.3 is 5.11 Å². The first-order valence-corrected chi connectivity index (χ1v) is 8.98. The second-order valence-corrected chi connectivity index (χ2v) is 6.67. The average Bonchev–Trinajstić information content (AvgIpc) is 2.90. The van der Waals surface area contributed by atoms with Crippen LogP contribution in [0.5, 0.6) is 0 Å². The summed E-state index contributed by atoms with van der Waals surface area (Å²) in [6, 6.07) is 7.47. The summed E-state index contributed by atoms with van der Waals surface area (Å²) in [7, 11) is 0. The maximum atomic E-state index is 13.0. The number of hydrogen-bond acceptors (Lipinski definition) is 4. The number of benzene rings is 1. The molecular weight excluding hydrogens is 304 g/mol. The third kappa shape index (κ3) is 3.10. The van der Waals surface area contributed by atoms with E-state index >= 15 is 0 Å². The van der Waals surface area contributed by atoms with Gasteiger partial charge in [0, 0.05) is 12.6 Å². The molecule has 2 aliphatic heterocycles. The molecule has 2 heterocycles. The quantitative estimate of drug-likeness (QED) is 0.840. The molecule has 0 saturated carbocycles. The highest BCUT2D eigenvalue weighted by atomic mass is 16.3. The Morgan fingerprint density at radius 2 is 2.00 bits per heavy atom. The molecule has 24 heavy (non-hydrogen) atoms. The second kappa shape index (κ2) is 7.45. The predicted molar refractivity (Wildman–Crippen MR) is 92.8 cm³/mol. The van der Waals surface area contributed by atoms with Gasteiger partial charge in [-0.3, -0.25) is 14.5 Å². The van der Waals surface area contributed by atoms with Crippen LogP contribution in [0.1, 0.15) is 44.6 Å². The smallest absolute Gasteiger partial charge is 0.251 e. The molecule has 130 valence electrons. The zero-order valence-electron chi connectivity index (χ0n) is 14.3. The number of aliphatic hydroxyl groups excluding tert-OH is 1. The van der Waals surface area contributed by atoms with Gasteiger partial charge in [-0.1, -0.05) is 31.5 Å². The van der Waals surface area contributed by atoms with Gasteiger partial charge in [0.1, 0.15) is 0 Å². The minimum atomic E-state index is -0.376. The Morgan fingerprint density at radius 3 is 2.75 bits per heavy atom. The Balaban J connectivity index is 1.86. The number of amides is 2. The number of piperidine rings is 1. The van der Waals surface area contributed by atoms with E-state index in [4.69, 9.17) is 0 Å². The Bertz CT molecular complexity index is 614. The van der Waals surface area contributed by atoms with E-state index in [1.807, 2.05) is 31.2 Å². The molecule has 1 N–H and O–H groups in total. The molecule has 1 aromatic rings. The van der Waals surface area contributed by atoms with E-state index in [0.717, 1.165) is 43.5 Å². The molecule has 0 radical (unpaired) electrons. The van der Waals surface area contributed by atoms with E-state index in [9.17, 15) is 14.7 Å². The van der Waals surface area contributed by atoms with Gasteiger partial charge in [-0.05, 0) is 43.9 Å². The number of carbonyl (C=O) groups excluding carboxylic acids is 2. The maximum absolute atomic E-state index is 13.0. The van der Waals surface area contributed by atoms with Crippen molar-refractivity contribution < 1.29 is 14.7 Å². The van der Waals surface area contributed by atoms with Crippen molar-refractivity contribution in [3.63, 3.8) is 0 Å². The standard InChI is InChI=1S/C19H26N2O3/c1-2-14-7-3-4-9-16(14)21-18(23)13-17(19(21)24)20-11-6-5-8-15(20)10-12-22/h3-4,7,9,15,17,22H,2,5-6,8,10-13H2,1H3/t15-,17-/m1/s1. The number of imide groups is 1. The molecule has 0 bridgehead atoms. The Labute approximate surface area is 143 Å². The highest BCUT2D eigenvalue weighted by Crippen LogP contribution is 2.32. The first kappa shape index (κ1) is 17.1. The lowest BCUT2D eigenvalue weighted by atomic mass is 9.97.